The van der Waals surface area contributed by atoms with E-state index in [0.717, 1.165) is 0 Å². The van der Waals surface area contributed by atoms with E-state index >= 15 is 0 Å². The number of hydrogen-bond acceptors (Lipinski definition) is 4. The standard InChI is InChI=1S/2C6H8N.C2H2O4/c2*1-7-5-3-2-4-6-7;3-1(4)2(5)6/h2*2-6H,1H3;(H,3,4)(H,5,6)/q2*+1;/p-2. The van der Waals surface area contributed by atoms with E-state index in [9.17, 15) is 0 Å². The maximum atomic E-state index is 8.93. The van der Waals surface area contributed by atoms with Gasteiger partial charge in [0.2, 0.25) is 0 Å². The van der Waals surface area contributed by atoms with E-state index in [1.54, 1.807) is 0 Å². The Hall–Kier alpha value is -2.76. The number of carboxylic acid groups (broad SMARTS) is 2. The SMILES string of the molecule is C[n+]1ccccc1.C[n+]1ccccc1.O=C([O-])C(=O)[O-]. The van der Waals surface area contributed by atoms with E-state index < -0.39 is 11.9 Å². The molecule has 0 aliphatic heterocycles. The average molecular weight is 276 g/mol. The monoisotopic (exact) mass is 276 g/mol. The van der Waals surface area contributed by atoms with E-state index in [-0.39, 0.29) is 0 Å². The lowest BCUT2D eigenvalue weighted by Gasteiger charge is -1.97. The normalized spacial score (nSPS) is 8.30. The fourth-order valence-corrected chi connectivity index (χ4v) is 0.969. The summed E-state index contributed by atoms with van der Waals surface area (Å²) in [6.07, 6.45) is 8.00. The zero-order chi connectivity index (χ0) is 15.4. The first-order valence-electron chi connectivity index (χ1n) is 5.66. The molecule has 20 heavy (non-hydrogen) atoms. The molecule has 2 aromatic rings. The maximum Gasteiger partial charge on any atom is 0.168 e. The molecule has 2 heterocycles. The van der Waals surface area contributed by atoms with Crippen LogP contribution in [0.15, 0.2) is 61.2 Å². The van der Waals surface area contributed by atoms with Gasteiger partial charge in [-0.25, -0.2) is 9.13 Å². The molecule has 2 aromatic heterocycles. The first-order chi connectivity index (χ1) is 9.43. The van der Waals surface area contributed by atoms with Crippen molar-refractivity contribution in [2.75, 3.05) is 0 Å². The zero-order valence-corrected chi connectivity index (χ0v) is 11.3. The minimum absolute atomic E-state index is 2.00. The summed E-state index contributed by atoms with van der Waals surface area (Å²) in [5, 5.41) is 17.9. The van der Waals surface area contributed by atoms with E-state index in [4.69, 9.17) is 19.8 Å². The molecule has 0 spiro atoms. The number of aryl methyl sites for hydroxylation is 2. The molecular formula is C14H16N2O4. The Bertz CT molecular complexity index is 466. The quantitative estimate of drug-likeness (QED) is 0.393. The third-order valence-corrected chi connectivity index (χ3v) is 1.90. The fourth-order valence-electron chi connectivity index (χ4n) is 0.969. The first-order valence-corrected chi connectivity index (χ1v) is 5.66. The van der Waals surface area contributed by atoms with Gasteiger partial charge in [-0.2, -0.15) is 0 Å². The van der Waals surface area contributed by atoms with Crippen LogP contribution in [-0.4, -0.2) is 11.9 Å². The van der Waals surface area contributed by atoms with Crippen molar-refractivity contribution in [3.05, 3.63) is 61.2 Å². The van der Waals surface area contributed by atoms with Gasteiger partial charge in [-0.15, -0.1) is 0 Å². The molecule has 0 fully saturated rings. The molecule has 106 valence electrons. The van der Waals surface area contributed by atoms with Crippen molar-refractivity contribution in [2.24, 2.45) is 14.1 Å². The number of nitrogens with zero attached hydrogens (tertiary/aromatic N) is 2. The minimum Gasteiger partial charge on any atom is -0.543 e. The van der Waals surface area contributed by atoms with Crippen molar-refractivity contribution in [3.8, 4) is 0 Å². The van der Waals surface area contributed by atoms with Crippen LogP contribution in [0.3, 0.4) is 0 Å². The van der Waals surface area contributed by atoms with Crippen molar-refractivity contribution in [3.63, 3.8) is 0 Å². The average Bonchev–Trinajstić information content (AvgIpc) is 2.42. The van der Waals surface area contributed by atoms with Crippen LogP contribution in [0.4, 0.5) is 0 Å². The summed E-state index contributed by atoms with van der Waals surface area (Å²) >= 11 is 0. The van der Waals surface area contributed by atoms with Crippen LogP contribution < -0.4 is 19.3 Å². The molecule has 0 atom stereocenters. The second-order valence-electron chi connectivity index (χ2n) is 3.66. The Morgan fingerprint density at radius 2 is 0.900 bits per heavy atom. The lowest BCUT2D eigenvalue weighted by Crippen LogP contribution is -2.42. The highest BCUT2D eigenvalue weighted by Gasteiger charge is 1.79. The Morgan fingerprint density at radius 3 is 1.00 bits per heavy atom. The third-order valence-electron chi connectivity index (χ3n) is 1.90. The maximum absolute atomic E-state index is 8.93. The van der Waals surface area contributed by atoms with Crippen LogP contribution in [0, 0.1) is 0 Å². The number of carboxylic acids is 2. The molecule has 0 N–H and O–H groups in total. The van der Waals surface area contributed by atoms with E-state index in [1.165, 1.54) is 0 Å². The van der Waals surface area contributed by atoms with Gasteiger partial charge >= 0.3 is 0 Å². The number of carbonyl (C=O) groups excluding carboxylic acids is 2. The van der Waals surface area contributed by atoms with E-state index in [2.05, 4.69) is 0 Å². The number of aromatic nitrogens is 2. The highest BCUT2D eigenvalue weighted by atomic mass is 16.4. The van der Waals surface area contributed by atoms with Crippen molar-refractivity contribution < 1.29 is 28.9 Å². The number of aliphatic carboxylic acids is 2. The number of pyridine rings is 2. The van der Waals surface area contributed by atoms with Gasteiger partial charge in [-0.3, -0.25) is 0 Å². The van der Waals surface area contributed by atoms with Crippen LogP contribution in [0.25, 0.3) is 0 Å². The smallest absolute Gasteiger partial charge is 0.168 e. The van der Waals surface area contributed by atoms with Gasteiger partial charge in [0, 0.05) is 24.3 Å². The van der Waals surface area contributed by atoms with Crippen LogP contribution in [-0.2, 0) is 23.7 Å². The van der Waals surface area contributed by atoms with Gasteiger partial charge in [0.15, 0.2) is 24.8 Å². The summed E-state index contributed by atoms with van der Waals surface area (Å²) in [6, 6.07) is 12.0. The summed E-state index contributed by atoms with van der Waals surface area (Å²) < 4.78 is 4.00. The Kier molecular flexibility index (Phi) is 8.78. The van der Waals surface area contributed by atoms with Crippen LogP contribution >= 0.6 is 0 Å². The molecule has 0 aliphatic rings. The van der Waals surface area contributed by atoms with E-state index in [0.29, 0.717) is 0 Å². The molecule has 0 saturated heterocycles. The van der Waals surface area contributed by atoms with Crippen molar-refractivity contribution in [1.82, 2.24) is 0 Å². The number of carbonyl (C=O) groups is 2. The molecule has 6 heteroatoms. The van der Waals surface area contributed by atoms with Gasteiger partial charge in [0.1, 0.15) is 14.1 Å². The molecule has 0 aliphatic carbocycles. The summed E-state index contributed by atoms with van der Waals surface area (Å²) in [5.74, 6) is -4.37. The molecule has 0 unspecified atom stereocenters. The molecule has 0 aromatic carbocycles. The molecule has 6 nitrogen and oxygen atoms in total. The third kappa shape index (κ3) is 10.4. The summed E-state index contributed by atoms with van der Waals surface area (Å²) in [7, 11) is 4.00. The fraction of sp³-hybridized carbons (Fsp3) is 0.143. The molecule has 0 radical (unpaired) electrons. The predicted octanol–water partition coefficient (Wildman–Crippen LogP) is -2.49. The van der Waals surface area contributed by atoms with Crippen molar-refractivity contribution in [1.29, 1.82) is 0 Å². The largest absolute Gasteiger partial charge is 0.543 e. The van der Waals surface area contributed by atoms with Crippen LogP contribution in [0.2, 0.25) is 0 Å². The van der Waals surface area contributed by atoms with Gasteiger partial charge in [0.25, 0.3) is 0 Å². The number of hydrogen-bond donors (Lipinski definition) is 0. The lowest BCUT2D eigenvalue weighted by molar-refractivity contribution is -0.671. The first kappa shape index (κ1) is 17.2. The van der Waals surface area contributed by atoms with Crippen molar-refractivity contribution >= 4 is 11.9 Å². The van der Waals surface area contributed by atoms with Crippen LogP contribution in [0.5, 0.6) is 0 Å². The molecular weight excluding hydrogens is 260 g/mol. The van der Waals surface area contributed by atoms with Gasteiger partial charge in [0.05, 0.1) is 11.9 Å². The van der Waals surface area contributed by atoms with Gasteiger partial charge in [-0.1, -0.05) is 12.1 Å². The van der Waals surface area contributed by atoms with E-state index in [1.807, 2.05) is 84.4 Å². The van der Waals surface area contributed by atoms with Gasteiger partial charge in [-0.05, 0) is 0 Å². The molecule has 0 amide bonds. The molecule has 0 saturated carbocycles. The minimum atomic E-state index is -2.19. The van der Waals surface area contributed by atoms with Gasteiger partial charge < -0.3 is 19.8 Å². The zero-order valence-electron chi connectivity index (χ0n) is 11.3. The second kappa shape index (κ2) is 10.2. The summed E-state index contributed by atoms with van der Waals surface area (Å²) in [5.41, 5.74) is 0. The second-order valence-corrected chi connectivity index (χ2v) is 3.66. The summed E-state index contributed by atoms with van der Waals surface area (Å²) in [6.45, 7) is 0. The van der Waals surface area contributed by atoms with Crippen molar-refractivity contribution in [2.45, 2.75) is 0 Å². The highest BCUT2D eigenvalue weighted by Crippen LogP contribution is 1.72. The Morgan fingerprint density at radius 1 is 0.650 bits per heavy atom. The van der Waals surface area contributed by atoms with Crippen LogP contribution in [0.1, 0.15) is 0 Å². The molecule has 2 rings (SSSR count). The number of rotatable bonds is 0. The topological polar surface area (TPSA) is 88.0 Å². The Labute approximate surface area is 117 Å². The lowest BCUT2D eigenvalue weighted by atomic mass is 10.5. The Balaban J connectivity index is 0.000000272. The highest BCUT2D eigenvalue weighted by molar-refractivity contribution is 6.25. The molecule has 0 bridgehead atoms. The summed E-state index contributed by atoms with van der Waals surface area (Å²) in [4.78, 5) is 17.9. The predicted molar refractivity (Wildman–Crippen MR) is 65.3 cm³/mol.